The molecule has 0 N–H and O–H groups in total. The lowest BCUT2D eigenvalue weighted by molar-refractivity contribution is -0.151. The molecule has 1 saturated heterocycles. The summed E-state index contributed by atoms with van der Waals surface area (Å²) in [4.78, 5) is 14.1. The van der Waals surface area contributed by atoms with Gasteiger partial charge in [0, 0.05) is 6.54 Å². The Morgan fingerprint density at radius 1 is 1.45 bits per heavy atom. The zero-order valence-electron chi connectivity index (χ0n) is 12.2. The average Bonchev–Trinajstić information content (AvgIpc) is 2.44. The van der Waals surface area contributed by atoms with E-state index < -0.39 is 0 Å². The van der Waals surface area contributed by atoms with Crippen molar-refractivity contribution in [3.63, 3.8) is 0 Å². The summed E-state index contributed by atoms with van der Waals surface area (Å²) in [7, 11) is 0. The predicted octanol–water partition coefficient (Wildman–Crippen LogP) is 3.05. The zero-order chi connectivity index (χ0) is 14.5. The van der Waals surface area contributed by atoms with Crippen LogP contribution in [0.15, 0.2) is 18.2 Å². The molecule has 0 aromatic heterocycles. The first-order valence-corrected chi connectivity index (χ1v) is 7.27. The van der Waals surface area contributed by atoms with Gasteiger partial charge in [-0.15, -0.1) is 0 Å². The molecule has 1 heterocycles. The Balaban J connectivity index is 2.12. The summed E-state index contributed by atoms with van der Waals surface area (Å²) >= 11 is 0. The van der Waals surface area contributed by atoms with E-state index in [1.165, 1.54) is 6.07 Å². The number of aryl methyl sites for hydroxylation is 1. The van der Waals surface area contributed by atoms with Crippen molar-refractivity contribution in [3.05, 3.63) is 35.1 Å². The minimum absolute atomic E-state index is 0.152. The van der Waals surface area contributed by atoms with Crippen molar-refractivity contribution in [3.8, 4) is 0 Å². The van der Waals surface area contributed by atoms with Crippen molar-refractivity contribution >= 4 is 5.97 Å². The number of piperidine rings is 1. The van der Waals surface area contributed by atoms with Crippen LogP contribution in [0.2, 0.25) is 0 Å². The Morgan fingerprint density at radius 2 is 2.25 bits per heavy atom. The van der Waals surface area contributed by atoms with Gasteiger partial charge in [-0.1, -0.05) is 12.5 Å². The fourth-order valence-corrected chi connectivity index (χ4v) is 2.71. The van der Waals surface area contributed by atoms with E-state index >= 15 is 0 Å². The van der Waals surface area contributed by atoms with Gasteiger partial charge >= 0.3 is 5.97 Å². The molecule has 20 heavy (non-hydrogen) atoms. The highest BCUT2D eigenvalue weighted by Crippen LogP contribution is 2.22. The molecule has 0 amide bonds. The number of nitrogens with zero attached hydrogens (tertiary/aromatic N) is 1. The second-order valence-corrected chi connectivity index (χ2v) is 5.30. The van der Waals surface area contributed by atoms with Crippen LogP contribution in [0.25, 0.3) is 0 Å². The average molecular weight is 279 g/mol. The van der Waals surface area contributed by atoms with Crippen molar-refractivity contribution in [2.75, 3.05) is 13.2 Å². The molecule has 1 unspecified atom stereocenters. The first kappa shape index (κ1) is 15.0. The highest BCUT2D eigenvalue weighted by Gasteiger charge is 2.29. The molecule has 0 spiro atoms. The quantitative estimate of drug-likeness (QED) is 0.793. The molecular weight excluding hydrogens is 257 g/mol. The van der Waals surface area contributed by atoms with Gasteiger partial charge in [-0.05, 0) is 56.5 Å². The molecule has 110 valence electrons. The maximum absolute atomic E-state index is 13.4. The van der Waals surface area contributed by atoms with Crippen LogP contribution in [0.3, 0.4) is 0 Å². The maximum Gasteiger partial charge on any atom is 0.323 e. The molecule has 0 aliphatic carbocycles. The number of benzene rings is 1. The summed E-state index contributed by atoms with van der Waals surface area (Å²) in [5.74, 6) is -0.378. The van der Waals surface area contributed by atoms with Gasteiger partial charge in [0.2, 0.25) is 0 Å². The Kier molecular flexibility index (Phi) is 5.12. The lowest BCUT2D eigenvalue weighted by Gasteiger charge is -2.34. The number of carbonyl (C=O) groups is 1. The van der Waals surface area contributed by atoms with Gasteiger partial charge in [0.25, 0.3) is 0 Å². The standard InChI is InChI=1S/C16H22FNO2/c1-3-20-16(19)15-6-4-5-9-18(15)11-13-10-14(17)8-7-12(13)2/h7-8,10,15H,3-6,9,11H2,1-2H3. The van der Waals surface area contributed by atoms with Crippen molar-refractivity contribution < 1.29 is 13.9 Å². The SMILES string of the molecule is CCOC(=O)C1CCCCN1Cc1cc(F)ccc1C. The van der Waals surface area contributed by atoms with E-state index in [1.807, 2.05) is 13.8 Å². The van der Waals surface area contributed by atoms with Gasteiger partial charge in [0.15, 0.2) is 0 Å². The fourth-order valence-electron chi connectivity index (χ4n) is 2.71. The van der Waals surface area contributed by atoms with E-state index in [9.17, 15) is 9.18 Å². The van der Waals surface area contributed by atoms with Crippen LogP contribution in [0.1, 0.15) is 37.3 Å². The number of carbonyl (C=O) groups excluding carboxylic acids is 1. The monoisotopic (exact) mass is 279 g/mol. The Bertz CT molecular complexity index is 476. The molecular formula is C16H22FNO2. The lowest BCUT2D eigenvalue weighted by Crippen LogP contribution is -2.45. The van der Waals surface area contributed by atoms with Gasteiger partial charge < -0.3 is 4.74 Å². The number of hydrogen-bond donors (Lipinski definition) is 0. The van der Waals surface area contributed by atoms with E-state index in [1.54, 1.807) is 12.1 Å². The second-order valence-electron chi connectivity index (χ2n) is 5.30. The highest BCUT2D eigenvalue weighted by molar-refractivity contribution is 5.75. The second kappa shape index (κ2) is 6.84. The van der Waals surface area contributed by atoms with E-state index in [2.05, 4.69) is 4.90 Å². The number of ether oxygens (including phenoxy) is 1. The molecule has 1 aromatic carbocycles. The first-order valence-electron chi connectivity index (χ1n) is 7.27. The van der Waals surface area contributed by atoms with E-state index in [4.69, 9.17) is 4.74 Å². The van der Waals surface area contributed by atoms with Crippen molar-refractivity contribution in [2.45, 2.75) is 45.7 Å². The third-order valence-corrected chi connectivity index (χ3v) is 3.86. The smallest absolute Gasteiger partial charge is 0.323 e. The van der Waals surface area contributed by atoms with Gasteiger partial charge in [-0.2, -0.15) is 0 Å². The molecule has 4 heteroatoms. The summed E-state index contributed by atoms with van der Waals surface area (Å²) in [6.45, 7) is 5.66. The van der Waals surface area contributed by atoms with Crippen molar-refractivity contribution in [1.82, 2.24) is 4.90 Å². The molecule has 0 saturated carbocycles. The van der Waals surface area contributed by atoms with Crippen LogP contribution in [0, 0.1) is 12.7 Å². The van der Waals surface area contributed by atoms with E-state index in [-0.39, 0.29) is 17.8 Å². The third kappa shape index (κ3) is 3.57. The molecule has 0 radical (unpaired) electrons. The minimum atomic E-state index is -0.227. The molecule has 3 nitrogen and oxygen atoms in total. The Labute approximate surface area is 119 Å². The van der Waals surface area contributed by atoms with E-state index in [0.717, 1.165) is 36.9 Å². The maximum atomic E-state index is 13.4. The van der Waals surface area contributed by atoms with Crippen LogP contribution in [-0.4, -0.2) is 30.1 Å². The number of hydrogen-bond acceptors (Lipinski definition) is 3. The summed E-state index contributed by atoms with van der Waals surface area (Å²) in [5, 5.41) is 0. The van der Waals surface area contributed by atoms with Crippen molar-refractivity contribution in [1.29, 1.82) is 0 Å². The largest absolute Gasteiger partial charge is 0.465 e. The lowest BCUT2D eigenvalue weighted by atomic mass is 10.00. The topological polar surface area (TPSA) is 29.5 Å². The number of esters is 1. The van der Waals surface area contributed by atoms with Crippen molar-refractivity contribution in [2.24, 2.45) is 0 Å². The number of halogens is 1. The summed E-state index contributed by atoms with van der Waals surface area (Å²) in [6.07, 6.45) is 2.94. The van der Waals surface area contributed by atoms with Gasteiger partial charge in [-0.25, -0.2) is 4.39 Å². The van der Waals surface area contributed by atoms with Gasteiger partial charge in [-0.3, -0.25) is 9.69 Å². The molecule has 1 atom stereocenters. The molecule has 1 fully saturated rings. The summed E-state index contributed by atoms with van der Waals surface area (Å²) in [6, 6.07) is 4.63. The predicted molar refractivity (Wildman–Crippen MR) is 75.8 cm³/mol. The molecule has 1 aliphatic heterocycles. The molecule has 2 rings (SSSR count). The van der Waals surface area contributed by atoms with Crippen LogP contribution < -0.4 is 0 Å². The van der Waals surface area contributed by atoms with Gasteiger partial charge in [0.1, 0.15) is 11.9 Å². The fraction of sp³-hybridized carbons (Fsp3) is 0.562. The zero-order valence-corrected chi connectivity index (χ0v) is 12.2. The summed E-state index contributed by atoms with van der Waals surface area (Å²) in [5.41, 5.74) is 2.00. The Morgan fingerprint density at radius 3 is 3.00 bits per heavy atom. The minimum Gasteiger partial charge on any atom is -0.465 e. The first-order chi connectivity index (χ1) is 9.61. The van der Waals surface area contributed by atoms with Crippen LogP contribution >= 0.6 is 0 Å². The molecule has 1 aliphatic rings. The highest BCUT2D eigenvalue weighted by atomic mass is 19.1. The van der Waals surface area contributed by atoms with Crippen LogP contribution in [0.5, 0.6) is 0 Å². The number of rotatable bonds is 4. The van der Waals surface area contributed by atoms with Gasteiger partial charge in [0.05, 0.1) is 6.61 Å². The third-order valence-electron chi connectivity index (χ3n) is 3.86. The normalized spacial score (nSPS) is 19.9. The van der Waals surface area contributed by atoms with Crippen LogP contribution in [-0.2, 0) is 16.1 Å². The summed E-state index contributed by atoms with van der Waals surface area (Å²) < 4.78 is 18.5. The molecule has 0 bridgehead atoms. The Hall–Kier alpha value is -1.42. The van der Waals surface area contributed by atoms with E-state index in [0.29, 0.717) is 13.2 Å². The van der Waals surface area contributed by atoms with Crippen LogP contribution in [0.4, 0.5) is 4.39 Å². The number of likely N-dealkylation sites (tertiary alicyclic amines) is 1. The molecule has 1 aromatic rings.